The summed E-state index contributed by atoms with van der Waals surface area (Å²) in [7, 11) is 0. The van der Waals surface area contributed by atoms with Crippen molar-refractivity contribution in [1.29, 1.82) is 0 Å². The van der Waals surface area contributed by atoms with E-state index in [0.29, 0.717) is 18.6 Å². The van der Waals surface area contributed by atoms with Crippen LogP contribution >= 0.6 is 11.9 Å². The summed E-state index contributed by atoms with van der Waals surface area (Å²) in [5.41, 5.74) is 0.125. The summed E-state index contributed by atoms with van der Waals surface area (Å²) in [5.74, 6) is 0.689. The molecule has 7 heteroatoms. The summed E-state index contributed by atoms with van der Waals surface area (Å²) >= 11 is 1.53. The first-order valence-electron chi connectivity index (χ1n) is 9.13. The molecular weight excluding hydrogens is 338 g/mol. The van der Waals surface area contributed by atoms with E-state index in [9.17, 15) is 10.1 Å². The first-order chi connectivity index (χ1) is 12.1. The molecule has 0 radical (unpaired) electrons. The van der Waals surface area contributed by atoms with Gasteiger partial charge in [-0.3, -0.25) is 14.8 Å². The Bertz CT molecular complexity index is 519. The van der Waals surface area contributed by atoms with Crippen LogP contribution in [0.4, 0.5) is 5.69 Å². The Morgan fingerprint density at radius 1 is 1.36 bits per heavy atom. The van der Waals surface area contributed by atoms with Gasteiger partial charge in [-0.2, -0.15) is 0 Å². The highest BCUT2D eigenvalue weighted by Crippen LogP contribution is 2.24. The zero-order chi connectivity index (χ0) is 18.1. The maximum absolute atomic E-state index is 10.7. The fourth-order valence-electron chi connectivity index (χ4n) is 3.43. The molecule has 1 unspecified atom stereocenters. The van der Waals surface area contributed by atoms with Crippen molar-refractivity contribution in [2.75, 3.05) is 26.2 Å². The van der Waals surface area contributed by atoms with Crippen LogP contribution in [0.3, 0.4) is 0 Å². The van der Waals surface area contributed by atoms with Crippen molar-refractivity contribution in [2.24, 2.45) is 5.92 Å². The van der Waals surface area contributed by atoms with Crippen LogP contribution in [0.15, 0.2) is 29.2 Å². The standard InChI is InChI=1S/C18H29N3O3S/c1-2-16(20-12-8-15(9-13-20)10-14-22)7-11-19-25-18-5-3-17(4-6-18)21(23)24/h3-6,15-16,19,22H,2,7-14H2,1H3. The number of nitro benzene ring substituents is 1. The van der Waals surface area contributed by atoms with Gasteiger partial charge in [0.2, 0.25) is 0 Å². The molecule has 0 aliphatic carbocycles. The van der Waals surface area contributed by atoms with Gasteiger partial charge in [0.15, 0.2) is 0 Å². The second kappa shape index (κ2) is 10.8. The monoisotopic (exact) mass is 367 g/mol. The molecule has 0 amide bonds. The number of aliphatic hydroxyl groups excluding tert-OH is 1. The minimum atomic E-state index is -0.378. The summed E-state index contributed by atoms with van der Waals surface area (Å²) in [6.07, 6.45) is 5.58. The highest BCUT2D eigenvalue weighted by atomic mass is 32.2. The van der Waals surface area contributed by atoms with Gasteiger partial charge in [-0.15, -0.1) is 0 Å². The number of rotatable bonds is 10. The van der Waals surface area contributed by atoms with Crippen LogP contribution in [0.5, 0.6) is 0 Å². The Morgan fingerprint density at radius 3 is 2.60 bits per heavy atom. The minimum absolute atomic E-state index is 0.125. The molecule has 0 bridgehead atoms. The first kappa shape index (κ1) is 20.2. The number of likely N-dealkylation sites (tertiary alicyclic amines) is 1. The van der Waals surface area contributed by atoms with E-state index in [1.807, 2.05) is 0 Å². The smallest absolute Gasteiger partial charge is 0.269 e. The summed E-state index contributed by atoms with van der Waals surface area (Å²) in [5, 5.41) is 19.7. The van der Waals surface area contributed by atoms with Crippen molar-refractivity contribution < 1.29 is 10.0 Å². The van der Waals surface area contributed by atoms with E-state index in [1.165, 1.54) is 36.9 Å². The maximum atomic E-state index is 10.7. The van der Waals surface area contributed by atoms with Crippen LogP contribution in [-0.2, 0) is 0 Å². The molecule has 1 aromatic rings. The van der Waals surface area contributed by atoms with Crippen LogP contribution < -0.4 is 4.72 Å². The maximum Gasteiger partial charge on any atom is 0.269 e. The van der Waals surface area contributed by atoms with E-state index in [0.717, 1.165) is 43.8 Å². The molecule has 2 rings (SSSR count). The second-order valence-corrected chi connectivity index (χ2v) is 7.55. The van der Waals surface area contributed by atoms with Crippen LogP contribution in [0, 0.1) is 16.0 Å². The molecule has 2 N–H and O–H groups in total. The van der Waals surface area contributed by atoms with E-state index in [1.54, 1.807) is 12.1 Å². The normalized spacial score (nSPS) is 17.5. The van der Waals surface area contributed by atoms with Gasteiger partial charge in [-0.25, -0.2) is 0 Å². The molecule has 0 aromatic heterocycles. The lowest BCUT2D eigenvalue weighted by Gasteiger charge is -2.37. The number of aliphatic hydroxyl groups is 1. The SMILES string of the molecule is CCC(CCNSc1ccc([N+](=O)[O-])cc1)N1CCC(CCO)CC1. The van der Waals surface area contributed by atoms with Crippen LogP contribution in [0.1, 0.15) is 39.0 Å². The van der Waals surface area contributed by atoms with Gasteiger partial charge in [0.05, 0.1) is 4.92 Å². The van der Waals surface area contributed by atoms with Crippen molar-refractivity contribution in [1.82, 2.24) is 9.62 Å². The highest BCUT2D eigenvalue weighted by molar-refractivity contribution is 7.97. The van der Waals surface area contributed by atoms with Gasteiger partial charge in [0.25, 0.3) is 5.69 Å². The molecule has 0 spiro atoms. The number of hydrogen-bond acceptors (Lipinski definition) is 6. The van der Waals surface area contributed by atoms with E-state index < -0.39 is 0 Å². The first-order valence-corrected chi connectivity index (χ1v) is 9.94. The lowest BCUT2D eigenvalue weighted by molar-refractivity contribution is -0.384. The molecule has 0 saturated carbocycles. The van der Waals surface area contributed by atoms with Gasteiger partial charge in [-0.1, -0.05) is 6.92 Å². The van der Waals surface area contributed by atoms with Gasteiger partial charge >= 0.3 is 0 Å². The van der Waals surface area contributed by atoms with Crippen molar-refractivity contribution >= 4 is 17.6 Å². The van der Waals surface area contributed by atoms with E-state index in [4.69, 9.17) is 5.11 Å². The lowest BCUT2D eigenvalue weighted by atomic mass is 9.92. The largest absolute Gasteiger partial charge is 0.396 e. The van der Waals surface area contributed by atoms with Crippen molar-refractivity contribution in [3.63, 3.8) is 0 Å². The topological polar surface area (TPSA) is 78.6 Å². The predicted molar refractivity (Wildman–Crippen MR) is 102 cm³/mol. The molecule has 1 fully saturated rings. The second-order valence-electron chi connectivity index (χ2n) is 6.59. The lowest BCUT2D eigenvalue weighted by Crippen LogP contribution is -2.42. The number of nitro groups is 1. The average Bonchev–Trinajstić information content (AvgIpc) is 2.63. The number of benzene rings is 1. The fourth-order valence-corrected chi connectivity index (χ4v) is 4.09. The van der Waals surface area contributed by atoms with Gasteiger partial charge in [-0.05, 0) is 75.2 Å². The molecule has 1 atom stereocenters. The zero-order valence-electron chi connectivity index (χ0n) is 14.9. The summed E-state index contributed by atoms with van der Waals surface area (Å²) in [6, 6.07) is 7.23. The van der Waals surface area contributed by atoms with Crippen molar-refractivity contribution in [3.05, 3.63) is 34.4 Å². The number of nitrogens with zero attached hydrogens (tertiary/aromatic N) is 2. The van der Waals surface area contributed by atoms with E-state index in [2.05, 4.69) is 16.5 Å². The minimum Gasteiger partial charge on any atom is -0.396 e. The number of piperidine rings is 1. The van der Waals surface area contributed by atoms with Crippen LogP contribution in [0.25, 0.3) is 0 Å². The van der Waals surface area contributed by atoms with E-state index >= 15 is 0 Å². The highest BCUT2D eigenvalue weighted by Gasteiger charge is 2.23. The molecule has 25 heavy (non-hydrogen) atoms. The van der Waals surface area contributed by atoms with Crippen LogP contribution in [-0.4, -0.2) is 47.2 Å². The summed E-state index contributed by atoms with van der Waals surface area (Å²) < 4.78 is 3.37. The Balaban J connectivity index is 1.68. The quantitative estimate of drug-likeness (QED) is 0.285. The average molecular weight is 368 g/mol. The molecule has 1 aliphatic rings. The third-order valence-corrected chi connectivity index (χ3v) is 5.85. The number of nitrogens with one attached hydrogen (secondary N) is 1. The Hall–Kier alpha value is -1.15. The fraction of sp³-hybridized carbons (Fsp3) is 0.667. The van der Waals surface area contributed by atoms with E-state index in [-0.39, 0.29) is 10.6 Å². The van der Waals surface area contributed by atoms with Crippen molar-refractivity contribution in [3.8, 4) is 0 Å². The molecule has 1 heterocycles. The molecule has 140 valence electrons. The molecule has 1 aromatic carbocycles. The van der Waals surface area contributed by atoms with Gasteiger partial charge in [0.1, 0.15) is 0 Å². The third-order valence-electron chi connectivity index (χ3n) is 4.99. The Kier molecular flexibility index (Phi) is 8.67. The molecule has 1 saturated heterocycles. The molecule has 1 aliphatic heterocycles. The number of hydrogen-bond donors (Lipinski definition) is 2. The van der Waals surface area contributed by atoms with Gasteiger partial charge in [0, 0.05) is 36.2 Å². The Labute approximate surface area is 154 Å². The Morgan fingerprint density at radius 2 is 2.04 bits per heavy atom. The van der Waals surface area contributed by atoms with Crippen LogP contribution in [0.2, 0.25) is 0 Å². The molecule has 6 nitrogen and oxygen atoms in total. The third kappa shape index (κ3) is 6.58. The number of non-ortho nitro benzene ring substituents is 1. The predicted octanol–water partition coefficient (Wildman–Crippen LogP) is 3.45. The molecular formula is C18H29N3O3S. The summed E-state index contributed by atoms with van der Waals surface area (Å²) in [6.45, 7) is 5.74. The van der Waals surface area contributed by atoms with Crippen molar-refractivity contribution in [2.45, 2.75) is 50.0 Å². The summed E-state index contributed by atoms with van der Waals surface area (Å²) in [4.78, 5) is 13.9. The zero-order valence-corrected chi connectivity index (χ0v) is 15.7. The van der Waals surface area contributed by atoms with Gasteiger partial charge < -0.3 is 10.0 Å².